The van der Waals surface area contributed by atoms with Gasteiger partial charge in [-0.25, -0.2) is 4.39 Å². The molecular formula is C19H24FNO2. The Kier molecular flexibility index (Phi) is 3.88. The summed E-state index contributed by atoms with van der Waals surface area (Å²) in [5, 5.41) is 13.4. The number of aliphatic carboxylic acids is 1. The molecule has 4 heteroatoms. The van der Waals surface area contributed by atoms with Crippen LogP contribution in [0.15, 0.2) is 24.3 Å². The molecule has 1 aromatic rings. The molecule has 0 saturated heterocycles. The maximum atomic E-state index is 13.0. The summed E-state index contributed by atoms with van der Waals surface area (Å²) >= 11 is 0. The van der Waals surface area contributed by atoms with Crippen LogP contribution in [0.25, 0.3) is 0 Å². The molecule has 124 valence electrons. The molecule has 4 bridgehead atoms. The second-order valence-corrected chi connectivity index (χ2v) is 7.83. The number of carboxylic acids is 1. The third-order valence-corrected chi connectivity index (χ3v) is 6.35. The van der Waals surface area contributed by atoms with Gasteiger partial charge in [0.25, 0.3) is 0 Å². The SMILES string of the molecule is O=C(O)[C@@H]1C2CC3CC(C2)CC(C3)[C@@H]1NCc1ccc(F)cc1. The van der Waals surface area contributed by atoms with E-state index in [-0.39, 0.29) is 17.8 Å². The van der Waals surface area contributed by atoms with Gasteiger partial charge in [0.2, 0.25) is 0 Å². The Morgan fingerprint density at radius 3 is 2.26 bits per heavy atom. The number of nitrogens with one attached hydrogen (secondary N) is 1. The van der Waals surface area contributed by atoms with Gasteiger partial charge in [-0.3, -0.25) is 4.79 Å². The maximum Gasteiger partial charge on any atom is 0.308 e. The van der Waals surface area contributed by atoms with E-state index in [1.54, 1.807) is 12.1 Å². The second-order valence-electron chi connectivity index (χ2n) is 7.83. The van der Waals surface area contributed by atoms with E-state index in [4.69, 9.17) is 0 Å². The Morgan fingerprint density at radius 2 is 1.65 bits per heavy atom. The molecule has 0 aliphatic heterocycles. The highest BCUT2D eigenvalue weighted by atomic mass is 19.1. The predicted octanol–water partition coefficient (Wildman–Crippen LogP) is 3.44. The van der Waals surface area contributed by atoms with Gasteiger partial charge < -0.3 is 10.4 Å². The zero-order valence-electron chi connectivity index (χ0n) is 13.2. The highest BCUT2D eigenvalue weighted by Gasteiger charge is 2.50. The summed E-state index contributed by atoms with van der Waals surface area (Å²) in [6, 6.07) is 6.54. The maximum absolute atomic E-state index is 13.0. The van der Waals surface area contributed by atoms with Crippen molar-refractivity contribution in [2.24, 2.45) is 29.6 Å². The average molecular weight is 317 g/mol. The van der Waals surface area contributed by atoms with Crippen LogP contribution in [0.4, 0.5) is 4.39 Å². The quantitative estimate of drug-likeness (QED) is 0.894. The summed E-state index contributed by atoms with van der Waals surface area (Å²) in [5.41, 5.74) is 1.01. The molecule has 5 rings (SSSR count). The van der Waals surface area contributed by atoms with Crippen molar-refractivity contribution in [1.82, 2.24) is 5.32 Å². The minimum atomic E-state index is -0.639. The molecule has 4 atom stereocenters. The zero-order valence-corrected chi connectivity index (χ0v) is 13.2. The van der Waals surface area contributed by atoms with Crippen LogP contribution in [0, 0.1) is 35.4 Å². The van der Waals surface area contributed by atoms with Crippen LogP contribution in [-0.4, -0.2) is 17.1 Å². The monoisotopic (exact) mass is 317 g/mol. The van der Waals surface area contributed by atoms with E-state index in [0.29, 0.717) is 18.4 Å². The molecule has 2 N–H and O–H groups in total. The lowest BCUT2D eigenvalue weighted by molar-refractivity contribution is -0.145. The van der Waals surface area contributed by atoms with E-state index in [1.165, 1.54) is 31.4 Å². The van der Waals surface area contributed by atoms with Crippen molar-refractivity contribution >= 4 is 5.97 Å². The van der Waals surface area contributed by atoms with Gasteiger partial charge in [0.05, 0.1) is 5.92 Å². The molecule has 0 heterocycles. The summed E-state index contributed by atoms with van der Waals surface area (Å²) in [6.07, 6.45) is 5.86. The Bertz CT molecular complexity index is 574. The summed E-state index contributed by atoms with van der Waals surface area (Å²) in [7, 11) is 0. The zero-order chi connectivity index (χ0) is 16.0. The van der Waals surface area contributed by atoms with Crippen molar-refractivity contribution in [3.8, 4) is 0 Å². The van der Waals surface area contributed by atoms with Gasteiger partial charge in [-0.05, 0) is 73.5 Å². The van der Waals surface area contributed by atoms with Gasteiger partial charge in [-0.15, -0.1) is 0 Å². The standard InChI is InChI=1S/C19H24FNO2/c20-16-3-1-11(2-4-16)10-21-18-15-8-12-5-13(9-15)7-14(6-12)17(18)19(22)23/h1-4,12-15,17-18,21H,5-10H2,(H,22,23)/t12?,13?,14?,15?,17-,18+/m1/s1. The molecular weight excluding hydrogens is 293 g/mol. The molecule has 4 fully saturated rings. The Hall–Kier alpha value is -1.42. The van der Waals surface area contributed by atoms with E-state index in [0.717, 1.165) is 30.2 Å². The van der Waals surface area contributed by atoms with Crippen LogP contribution in [0.2, 0.25) is 0 Å². The minimum absolute atomic E-state index is 0.0536. The fourth-order valence-electron chi connectivity index (χ4n) is 5.61. The van der Waals surface area contributed by atoms with Gasteiger partial charge in [0.1, 0.15) is 5.82 Å². The first kappa shape index (κ1) is 15.1. The van der Waals surface area contributed by atoms with Crippen LogP contribution in [0.3, 0.4) is 0 Å². The van der Waals surface area contributed by atoms with Gasteiger partial charge in [0, 0.05) is 12.6 Å². The largest absolute Gasteiger partial charge is 0.481 e. The molecule has 0 amide bonds. The van der Waals surface area contributed by atoms with Crippen molar-refractivity contribution < 1.29 is 14.3 Å². The van der Waals surface area contributed by atoms with Crippen LogP contribution in [0.5, 0.6) is 0 Å². The third-order valence-electron chi connectivity index (χ3n) is 6.35. The first-order valence-corrected chi connectivity index (χ1v) is 8.81. The normalized spacial score (nSPS) is 38.5. The first-order chi connectivity index (χ1) is 11.1. The predicted molar refractivity (Wildman–Crippen MR) is 85.2 cm³/mol. The van der Waals surface area contributed by atoms with Crippen LogP contribution in [-0.2, 0) is 11.3 Å². The lowest BCUT2D eigenvalue weighted by Crippen LogP contribution is -2.46. The van der Waals surface area contributed by atoms with Crippen LogP contribution >= 0.6 is 0 Å². The number of rotatable bonds is 4. The van der Waals surface area contributed by atoms with Crippen LogP contribution in [0.1, 0.15) is 37.7 Å². The smallest absolute Gasteiger partial charge is 0.308 e. The number of halogens is 1. The number of hydrogen-bond donors (Lipinski definition) is 2. The van der Waals surface area contributed by atoms with Crippen molar-refractivity contribution in [2.45, 2.75) is 44.7 Å². The molecule has 0 aromatic heterocycles. The van der Waals surface area contributed by atoms with E-state index < -0.39 is 5.97 Å². The lowest BCUT2D eigenvalue weighted by Gasteiger charge is -2.38. The molecule has 3 nitrogen and oxygen atoms in total. The second kappa shape index (κ2) is 5.90. The van der Waals surface area contributed by atoms with Crippen LogP contribution < -0.4 is 5.32 Å². The molecule has 4 aliphatic rings. The molecule has 4 saturated carbocycles. The van der Waals surface area contributed by atoms with Gasteiger partial charge in [0.15, 0.2) is 0 Å². The number of hydrogen-bond acceptors (Lipinski definition) is 2. The Morgan fingerprint density at radius 1 is 1.04 bits per heavy atom. The number of benzene rings is 1. The number of carbonyl (C=O) groups is 1. The summed E-state index contributed by atoms with van der Waals surface area (Å²) in [6.45, 7) is 0.618. The van der Waals surface area contributed by atoms with E-state index in [2.05, 4.69) is 5.32 Å². The first-order valence-electron chi connectivity index (χ1n) is 8.81. The van der Waals surface area contributed by atoms with E-state index >= 15 is 0 Å². The fraction of sp³-hybridized carbons (Fsp3) is 0.632. The minimum Gasteiger partial charge on any atom is -0.481 e. The lowest BCUT2D eigenvalue weighted by atomic mass is 9.67. The van der Waals surface area contributed by atoms with E-state index in [1.807, 2.05) is 0 Å². The Labute approximate surface area is 136 Å². The van der Waals surface area contributed by atoms with Gasteiger partial charge >= 0.3 is 5.97 Å². The molecule has 2 unspecified atom stereocenters. The molecule has 23 heavy (non-hydrogen) atoms. The van der Waals surface area contributed by atoms with Crippen molar-refractivity contribution in [1.29, 1.82) is 0 Å². The molecule has 0 radical (unpaired) electrons. The third kappa shape index (κ3) is 2.89. The molecule has 0 spiro atoms. The summed E-state index contributed by atoms with van der Waals surface area (Å²) in [4.78, 5) is 11.9. The average Bonchev–Trinajstić information content (AvgIpc) is 2.67. The van der Waals surface area contributed by atoms with Crippen molar-refractivity contribution in [3.63, 3.8) is 0 Å². The van der Waals surface area contributed by atoms with Crippen molar-refractivity contribution in [2.75, 3.05) is 0 Å². The summed E-state index contributed by atoms with van der Waals surface area (Å²) < 4.78 is 13.0. The highest BCUT2D eigenvalue weighted by Crippen LogP contribution is 2.53. The molecule has 1 aromatic carbocycles. The summed E-state index contributed by atoms with van der Waals surface area (Å²) in [5.74, 6) is 1.13. The van der Waals surface area contributed by atoms with E-state index in [9.17, 15) is 14.3 Å². The topological polar surface area (TPSA) is 49.3 Å². The molecule has 4 aliphatic carbocycles. The number of fused-ring (bicyclic) bond motifs is 1. The van der Waals surface area contributed by atoms with Crippen molar-refractivity contribution in [3.05, 3.63) is 35.6 Å². The fourth-order valence-corrected chi connectivity index (χ4v) is 5.61. The van der Waals surface area contributed by atoms with Gasteiger partial charge in [-0.2, -0.15) is 0 Å². The highest BCUT2D eigenvalue weighted by molar-refractivity contribution is 5.71. The Balaban J connectivity index is 1.54. The van der Waals surface area contributed by atoms with Gasteiger partial charge in [-0.1, -0.05) is 12.1 Å². The number of carboxylic acid groups (broad SMARTS) is 1.